The van der Waals surface area contributed by atoms with Gasteiger partial charge in [-0.25, -0.2) is 4.98 Å². The monoisotopic (exact) mass is 329 g/mol. The van der Waals surface area contributed by atoms with Gasteiger partial charge < -0.3 is 10.3 Å². The Bertz CT molecular complexity index is 642. The van der Waals surface area contributed by atoms with Gasteiger partial charge in [-0.3, -0.25) is 0 Å². The maximum atomic E-state index is 6.34. The summed E-state index contributed by atoms with van der Waals surface area (Å²) in [6, 6.07) is 4.52. The number of unbranched alkanes of at least 4 members (excludes halogenated alkanes) is 6. The molecule has 1 atom stereocenters. The molecule has 0 fully saturated rings. The summed E-state index contributed by atoms with van der Waals surface area (Å²) < 4.78 is 2.38. The minimum Gasteiger partial charge on any atom is -0.327 e. The molecule has 134 valence electrons. The second kappa shape index (κ2) is 9.22. The molecule has 0 aliphatic carbocycles. The van der Waals surface area contributed by atoms with Gasteiger partial charge in [0.2, 0.25) is 0 Å². The van der Waals surface area contributed by atoms with Crippen molar-refractivity contribution in [3.05, 3.63) is 29.1 Å². The van der Waals surface area contributed by atoms with Crippen molar-refractivity contribution < 1.29 is 0 Å². The van der Waals surface area contributed by atoms with Crippen LogP contribution in [0.4, 0.5) is 0 Å². The molecule has 1 heterocycles. The predicted molar refractivity (Wildman–Crippen MR) is 104 cm³/mol. The summed E-state index contributed by atoms with van der Waals surface area (Å²) in [5, 5.41) is 0. The van der Waals surface area contributed by atoms with E-state index in [1.807, 2.05) is 0 Å². The summed E-state index contributed by atoms with van der Waals surface area (Å²) in [5.41, 5.74) is 11.3. The van der Waals surface area contributed by atoms with Gasteiger partial charge in [0.15, 0.2) is 0 Å². The molecule has 24 heavy (non-hydrogen) atoms. The Kier molecular flexibility index (Phi) is 7.29. The number of imidazole rings is 1. The standard InChI is InChI=1S/C21H35N3/c1-5-7-8-9-10-11-12-13-24-20-15-17(4)16(3)14-19(20)23-21(24)18(22)6-2/h14-15,18H,5-13,22H2,1-4H3. The maximum Gasteiger partial charge on any atom is 0.126 e. The number of fused-ring (bicyclic) bond motifs is 1. The van der Waals surface area contributed by atoms with Crippen LogP contribution in [0.15, 0.2) is 12.1 Å². The highest BCUT2D eigenvalue weighted by Crippen LogP contribution is 2.25. The van der Waals surface area contributed by atoms with Gasteiger partial charge in [-0.15, -0.1) is 0 Å². The molecule has 0 aliphatic heterocycles. The van der Waals surface area contributed by atoms with Crippen molar-refractivity contribution in [1.29, 1.82) is 0 Å². The third kappa shape index (κ3) is 4.60. The van der Waals surface area contributed by atoms with Gasteiger partial charge in [-0.05, 0) is 49.9 Å². The summed E-state index contributed by atoms with van der Waals surface area (Å²) in [6.45, 7) is 9.78. The Balaban J connectivity index is 2.10. The van der Waals surface area contributed by atoms with E-state index in [2.05, 4.69) is 44.4 Å². The molecule has 0 radical (unpaired) electrons. The number of rotatable bonds is 10. The largest absolute Gasteiger partial charge is 0.327 e. The van der Waals surface area contributed by atoms with Crippen molar-refractivity contribution in [1.82, 2.24) is 9.55 Å². The zero-order valence-electron chi connectivity index (χ0n) is 16.1. The molecule has 2 aromatic rings. The van der Waals surface area contributed by atoms with Crippen molar-refractivity contribution in [2.24, 2.45) is 5.73 Å². The van der Waals surface area contributed by atoms with Crippen molar-refractivity contribution in [3.8, 4) is 0 Å². The van der Waals surface area contributed by atoms with Crippen LogP contribution < -0.4 is 5.73 Å². The molecule has 3 heteroatoms. The van der Waals surface area contributed by atoms with Crippen molar-refractivity contribution in [2.45, 2.75) is 91.6 Å². The number of benzene rings is 1. The first-order valence-electron chi connectivity index (χ1n) is 9.81. The molecular formula is C21H35N3. The van der Waals surface area contributed by atoms with Gasteiger partial charge in [0.05, 0.1) is 17.1 Å². The molecule has 1 aromatic heterocycles. The van der Waals surface area contributed by atoms with Crippen molar-refractivity contribution >= 4 is 11.0 Å². The van der Waals surface area contributed by atoms with Gasteiger partial charge in [-0.1, -0.05) is 52.4 Å². The quantitative estimate of drug-likeness (QED) is 0.559. The van der Waals surface area contributed by atoms with E-state index in [0.717, 1.165) is 24.3 Å². The van der Waals surface area contributed by atoms with Crippen LogP contribution in [0.5, 0.6) is 0 Å². The topological polar surface area (TPSA) is 43.8 Å². The van der Waals surface area contributed by atoms with Crippen molar-refractivity contribution in [2.75, 3.05) is 0 Å². The maximum absolute atomic E-state index is 6.34. The van der Waals surface area contributed by atoms with Gasteiger partial charge in [0.25, 0.3) is 0 Å². The normalized spacial score (nSPS) is 12.9. The first kappa shape index (κ1) is 19.0. The molecule has 0 amide bonds. The average molecular weight is 330 g/mol. The molecule has 2 N–H and O–H groups in total. The highest BCUT2D eigenvalue weighted by atomic mass is 15.1. The lowest BCUT2D eigenvalue weighted by atomic mass is 10.1. The number of nitrogens with zero attached hydrogens (tertiary/aromatic N) is 2. The summed E-state index contributed by atoms with van der Waals surface area (Å²) in [7, 11) is 0. The summed E-state index contributed by atoms with van der Waals surface area (Å²) >= 11 is 0. The molecule has 1 aromatic carbocycles. The fourth-order valence-electron chi connectivity index (χ4n) is 3.33. The van der Waals surface area contributed by atoms with Crippen molar-refractivity contribution in [3.63, 3.8) is 0 Å². The molecule has 0 saturated heterocycles. The second-order valence-corrected chi connectivity index (χ2v) is 7.18. The Morgan fingerprint density at radius 3 is 2.25 bits per heavy atom. The fourth-order valence-corrected chi connectivity index (χ4v) is 3.33. The van der Waals surface area contributed by atoms with Crippen LogP contribution in [0.1, 0.15) is 88.2 Å². The molecule has 0 saturated carbocycles. The zero-order chi connectivity index (χ0) is 17.5. The molecule has 0 bridgehead atoms. The molecule has 1 unspecified atom stereocenters. The van der Waals surface area contributed by atoms with E-state index in [0.29, 0.717) is 0 Å². The van der Waals surface area contributed by atoms with E-state index in [9.17, 15) is 0 Å². The first-order valence-corrected chi connectivity index (χ1v) is 9.81. The van der Waals surface area contributed by atoms with Crippen LogP contribution in [-0.4, -0.2) is 9.55 Å². The Labute approximate surface area is 147 Å². The molecule has 3 nitrogen and oxygen atoms in total. The number of hydrogen-bond acceptors (Lipinski definition) is 2. The summed E-state index contributed by atoms with van der Waals surface area (Å²) in [4.78, 5) is 4.86. The summed E-state index contributed by atoms with van der Waals surface area (Å²) in [6.07, 6.45) is 10.2. The lowest BCUT2D eigenvalue weighted by Crippen LogP contribution is -2.16. The second-order valence-electron chi connectivity index (χ2n) is 7.18. The molecule has 0 spiro atoms. The Morgan fingerprint density at radius 1 is 0.958 bits per heavy atom. The van der Waals surface area contributed by atoms with Crippen LogP contribution in [0.3, 0.4) is 0 Å². The molecular weight excluding hydrogens is 294 g/mol. The molecule has 0 aliphatic rings. The number of hydrogen-bond donors (Lipinski definition) is 1. The smallest absolute Gasteiger partial charge is 0.126 e. The van der Waals surface area contributed by atoms with Gasteiger partial charge in [0, 0.05) is 6.54 Å². The van der Waals surface area contributed by atoms with Gasteiger partial charge >= 0.3 is 0 Å². The number of aryl methyl sites for hydroxylation is 3. The molecule has 2 rings (SSSR count). The summed E-state index contributed by atoms with van der Waals surface area (Å²) in [5.74, 6) is 1.06. The van der Waals surface area contributed by atoms with Crippen LogP contribution in [-0.2, 0) is 6.54 Å². The van der Waals surface area contributed by atoms with Crippen LogP contribution in [0, 0.1) is 13.8 Å². The average Bonchev–Trinajstić information content (AvgIpc) is 2.91. The zero-order valence-corrected chi connectivity index (χ0v) is 16.1. The first-order chi connectivity index (χ1) is 11.6. The fraction of sp³-hybridized carbons (Fsp3) is 0.667. The van der Waals surface area contributed by atoms with Crippen LogP contribution in [0.25, 0.3) is 11.0 Å². The third-order valence-corrected chi connectivity index (χ3v) is 5.15. The highest BCUT2D eigenvalue weighted by Gasteiger charge is 2.16. The Hall–Kier alpha value is -1.35. The van der Waals surface area contributed by atoms with E-state index in [4.69, 9.17) is 10.7 Å². The predicted octanol–water partition coefficient (Wildman–Crippen LogP) is 5.81. The number of nitrogens with two attached hydrogens (primary N) is 1. The lowest BCUT2D eigenvalue weighted by molar-refractivity contribution is 0.526. The Morgan fingerprint density at radius 2 is 1.58 bits per heavy atom. The van der Waals surface area contributed by atoms with Gasteiger partial charge in [-0.2, -0.15) is 0 Å². The van der Waals surface area contributed by atoms with E-state index in [1.54, 1.807) is 0 Å². The van der Waals surface area contributed by atoms with Gasteiger partial charge in [0.1, 0.15) is 5.82 Å². The van der Waals surface area contributed by atoms with E-state index >= 15 is 0 Å². The highest BCUT2D eigenvalue weighted by molar-refractivity contribution is 5.78. The van der Waals surface area contributed by atoms with E-state index in [1.165, 1.54) is 61.6 Å². The van der Waals surface area contributed by atoms with E-state index in [-0.39, 0.29) is 6.04 Å². The van der Waals surface area contributed by atoms with Crippen LogP contribution >= 0.6 is 0 Å². The minimum absolute atomic E-state index is 0.0302. The minimum atomic E-state index is 0.0302. The third-order valence-electron chi connectivity index (χ3n) is 5.15. The SMILES string of the molecule is CCCCCCCCCn1c(C(N)CC)nc2cc(C)c(C)cc21. The number of aromatic nitrogens is 2. The van der Waals surface area contributed by atoms with Crippen LogP contribution in [0.2, 0.25) is 0 Å². The van der Waals surface area contributed by atoms with E-state index < -0.39 is 0 Å². The lowest BCUT2D eigenvalue weighted by Gasteiger charge is -2.13.